The maximum absolute atomic E-state index is 6.06. The zero-order chi connectivity index (χ0) is 14.4. The third-order valence-corrected chi connectivity index (χ3v) is 3.98. The summed E-state index contributed by atoms with van der Waals surface area (Å²) in [6.07, 6.45) is 1.74. The van der Waals surface area contributed by atoms with Gasteiger partial charge in [-0.15, -0.1) is 0 Å². The largest absolute Gasteiger partial charge is 0.497 e. The Hall–Kier alpha value is -1.52. The zero-order valence-electron chi connectivity index (χ0n) is 12.0. The van der Waals surface area contributed by atoms with Crippen LogP contribution in [0.3, 0.4) is 0 Å². The van der Waals surface area contributed by atoms with Crippen molar-refractivity contribution in [3.8, 4) is 11.5 Å². The Balaban J connectivity index is 2.12. The van der Waals surface area contributed by atoms with Gasteiger partial charge in [-0.3, -0.25) is 0 Å². The lowest BCUT2D eigenvalue weighted by atomic mass is 10.0. The van der Waals surface area contributed by atoms with Crippen LogP contribution < -0.4 is 15.2 Å². The van der Waals surface area contributed by atoms with Gasteiger partial charge in [0, 0.05) is 6.04 Å². The highest BCUT2D eigenvalue weighted by atomic mass is 32.1. The fraction of sp³-hybridized carbons (Fsp3) is 0.375. The lowest BCUT2D eigenvalue weighted by Crippen LogP contribution is -2.21. The van der Waals surface area contributed by atoms with E-state index < -0.39 is 0 Å². The number of ether oxygens (including phenoxy) is 2. The van der Waals surface area contributed by atoms with Crippen LogP contribution in [-0.4, -0.2) is 13.2 Å². The van der Waals surface area contributed by atoms with Gasteiger partial charge in [-0.05, 0) is 59.0 Å². The molecule has 0 amide bonds. The van der Waals surface area contributed by atoms with Crippen LogP contribution in [0.2, 0.25) is 0 Å². The Kier molecular flexibility index (Phi) is 5.44. The minimum Gasteiger partial charge on any atom is -0.497 e. The van der Waals surface area contributed by atoms with E-state index in [0.717, 1.165) is 29.9 Å². The summed E-state index contributed by atoms with van der Waals surface area (Å²) in [4.78, 5) is 0. The molecule has 1 aromatic heterocycles. The van der Waals surface area contributed by atoms with Crippen LogP contribution in [0.15, 0.2) is 35.0 Å². The van der Waals surface area contributed by atoms with Crippen LogP contribution in [0.4, 0.5) is 0 Å². The van der Waals surface area contributed by atoms with E-state index in [1.807, 2.05) is 18.2 Å². The molecule has 1 atom stereocenters. The first-order chi connectivity index (χ1) is 9.72. The first kappa shape index (κ1) is 14.9. The normalized spacial score (nSPS) is 12.2. The third-order valence-electron chi connectivity index (χ3n) is 3.25. The van der Waals surface area contributed by atoms with E-state index >= 15 is 0 Å². The predicted octanol–water partition coefficient (Wildman–Crippen LogP) is 3.62. The summed E-state index contributed by atoms with van der Waals surface area (Å²) in [5.74, 6) is 1.73. The quantitative estimate of drug-likeness (QED) is 0.847. The van der Waals surface area contributed by atoms with Crippen molar-refractivity contribution in [2.24, 2.45) is 5.73 Å². The monoisotopic (exact) mass is 291 g/mol. The SMILES string of the molecule is CCC(N)Cc1cc(OC)ccc1OCc1ccsc1. The van der Waals surface area contributed by atoms with E-state index in [-0.39, 0.29) is 6.04 Å². The topological polar surface area (TPSA) is 44.5 Å². The Morgan fingerprint density at radius 2 is 2.15 bits per heavy atom. The Bertz CT molecular complexity index is 525. The van der Waals surface area contributed by atoms with Crippen molar-refractivity contribution < 1.29 is 9.47 Å². The molecule has 2 N–H and O–H groups in total. The summed E-state index contributed by atoms with van der Waals surface area (Å²) in [6, 6.07) is 8.11. The molecular weight excluding hydrogens is 270 g/mol. The molecule has 0 bridgehead atoms. The molecule has 0 fully saturated rings. The number of nitrogens with two attached hydrogens (primary N) is 1. The van der Waals surface area contributed by atoms with Crippen molar-refractivity contribution in [3.05, 3.63) is 46.2 Å². The van der Waals surface area contributed by atoms with Crippen LogP contribution >= 0.6 is 11.3 Å². The summed E-state index contributed by atoms with van der Waals surface area (Å²) in [5.41, 5.74) is 8.36. The van der Waals surface area contributed by atoms with Gasteiger partial charge in [0.05, 0.1) is 7.11 Å². The van der Waals surface area contributed by atoms with Gasteiger partial charge < -0.3 is 15.2 Å². The molecule has 2 rings (SSSR count). The van der Waals surface area contributed by atoms with Crippen molar-refractivity contribution in [3.63, 3.8) is 0 Å². The second-order valence-corrected chi connectivity index (χ2v) is 5.55. The third kappa shape index (κ3) is 3.99. The van der Waals surface area contributed by atoms with Crippen molar-refractivity contribution in [1.29, 1.82) is 0 Å². The van der Waals surface area contributed by atoms with Gasteiger partial charge in [0.1, 0.15) is 18.1 Å². The van der Waals surface area contributed by atoms with Crippen molar-refractivity contribution in [1.82, 2.24) is 0 Å². The van der Waals surface area contributed by atoms with E-state index in [1.165, 1.54) is 5.56 Å². The van der Waals surface area contributed by atoms with Gasteiger partial charge in [0.2, 0.25) is 0 Å². The predicted molar refractivity (Wildman–Crippen MR) is 83.6 cm³/mol. The molecule has 1 aromatic carbocycles. The number of hydrogen-bond donors (Lipinski definition) is 1. The maximum Gasteiger partial charge on any atom is 0.123 e. The van der Waals surface area contributed by atoms with Crippen LogP contribution in [-0.2, 0) is 13.0 Å². The summed E-state index contributed by atoms with van der Waals surface area (Å²) in [5, 5.41) is 4.15. The van der Waals surface area contributed by atoms with Gasteiger partial charge in [0.25, 0.3) is 0 Å². The lowest BCUT2D eigenvalue weighted by molar-refractivity contribution is 0.301. The Labute approximate surface area is 124 Å². The molecule has 0 aliphatic rings. The Morgan fingerprint density at radius 3 is 2.80 bits per heavy atom. The average Bonchev–Trinajstić information content (AvgIpc) is 2.99. The number of benzene rings is 1. The van der Waals surface area contributed by atoms with E-state index in [1.54, 1.807) is 18.4 Å². The summed E-state index contributed by atoms with van der Waals surface area (Å²) >= 11 is 1.68. The van der Waals surface area contributed by atoms with Crippen LogP contribution in [0, 0.1) is 0 Å². The number of hydrogen-bond acceptors (Lipinski definition) is 4. The maximum atomic E-state index is 6.06. The summed E-state index contributed by atoms with van der Waals surface area (Å²) in [7, 11) is 1.67. The second-order valence-electron chi connectivity index (χ2n) is 4.77. The van der Waals surface area contributed by atoms with Gasteiger partial charge in [-0.2, -0.15) is 11.3 Å². The highest BCUT2D eigenvalue weighted by Crippen LogP contribution is 2.26. The highest BCUT2D eigenvalue weighted by Gasteiger charge is 2.10. The highest BCUT2D eigenvalue weighted by molar-refractivity contribution is 7.07. The van der Waals surface area contributed by atoms with Gasteiger partial charge in [-0.25, -0.2) is 0 Å². The molecule has 0 aliphatic heterocycles. The number of methoxy groups -OCH3 is 1. The van der Waals surface area contributed by atoms with Crippen molar-refractivity contribution in [2.75, 3.05) is 7.11 Å². The standard InChI is InChI=1S/C16H21NO2S/c1-3-14(17)8-13-9-15(18-2)4-5-16(13)19-10-12-6-7-20-11-12/h4-7,9,11,14H,3,8,10,17H2,1-2H3. The van der Waals surface area contributed by atoms with E-state index in [9.17, 15) is 0 Å². The van der Waals surface area contributed by atoms with Gasteiger partial charge in [0.15, 0.2) is 0 Å². The molecular formula is C16H21NO2S. The molecule has 0 saturated heterocycles. The molecule has 0 spiro atoms. The molecule has 20 heavy (non-hydrogen) atoms. The smallest absolute Gasteiger partial charge is 0.123 e. The molecule has 108 valence electrons. The Morgan fingerprint density at radius 1 is 1.30 bits per heavy atom. The molecule has 1 heterocycles. The average molecular weight is 291 g/mol. The van der Waals surface area contributed by atoms with E-state index in [4.69, 9.17) is 15.2 Å². The number of rotatable bonds is 7. The molecule has 0 aliphatic carbocycles. The van der Waals surface area contributed by atoms with E-state index in [2.05, 4.69) is 23.8 Å². The van der Waals surface area contributed by atoms with Crippen molar-refractivity contribution in [2.45, 2.75) is 32.4 Å². The summed E-state index contributed by atoms with van der Waals surface area (Å²) in [6.45, 7) is 2.68. The minimum absolute atomic E-state index is 0.144. The van der Waals surface area contributed by atoms with Crippen LogP contribution in [0.1, 0.15) is 24.5 Å². The molecule has 1 unspecified atom stereocenters. The van der Waals surface area contributed by atoms with Gasteiger partial charge >= 0.3 is 0 Å². The fourth-order valence-corrected chi connectivity index (χ4v) is 2.60. The van der Waals surface area contributed by atoms with Crippen molar-refractivity contribution >= 4 is 11.3 Å². The first-order valence-corrected chi connectivity index (χ1v) is 7.73. The van der Waals surface area contributed by atoms with E-state index in [0.29, 0.717) is 6.61 Å². The molecule has 4 heteroatoms. The fourth-order valence-electron chi connectivity index (χ4n) is 1.95. The van der Waals surface area contributed by atoms with Gasteiger partial charge in [-0.1, -0.05) is 6.92 Å². The summed E-state index contributed by atoms with van der Waals surface area (Å²) < 4.78 is 11.2. The second kappa shape index (κ2) is 7.31. The molecule has 2 aromatic rings. The zero-order valence-corrected chi connectivity index (χ0v) is 12.8. The first-order valence-electron chi connectivity index (χ1n) is 6.79. The van der Waals surface area contributed by atoms with Crippen LogP contribution in [0.25, 0.3) is 0 Å². The molecule has 3 nitrogen and oxygen atoms in total. The lowest BCUT2D eigenvalue weighted by Gasteiger charge is -2.15. The molecule has 0 radical (unpaired) electrons. The molecule has 0 saturated carbocycles. The minimum atomic E-state index is 0.144. The number of thiophene rings is 1. The van der Waals surface area contributed by atoms with Crippen LogP contribution in [0.5, 0.6) is 11.5 Å².